The summed E-state index contributed by atoms with van der Waals surface area (Å²) < 4.78 is 38.7. The Morgan fingerprint density at radius 2 is 1.75 bits per heavy atom. The Labute approximate surface area is 211 Å². The van der Waals surface area contributed by atoms with Gasteiger partial charge in [-0.2, -0.15) is 0 Å². The van der Waals surface area contributed by atoms with Crippen LogP contribution in [0, 0.1) is 5.92 Å². The van der Waals surface area contributed by atoms with Crippen LogP contribution >= 0.6 is 0 Å². The van der Waals surface area contributed by atoms with Crippen LogP contribution in [0.5, 0.6) is 5.75 Å². The van der Waals surface area contributed by atoms with Crippen molar-refractivity contribution in [1.82, 2.24) is 9.55 Å². The number of aromatic nitrogens is 2. The molecule has 9 heteroatoms. The molecule has 0 spiro atoms. The number of benzene rings is 2. The molecule has 0 saturated carbocycles. The van der Waals surface area contributed by atoms with E-state index < -0.39 is 21.1 Å². The normalized spacial score (nSPS) is 13.3. The van der Waals surface area contributed by atoms with E-state index in [4.69, 9.17) is 9.47 Å². The van der Waals surface area contributed by atoms with Crippen LogP contribution in [-0.4, -0.2) is 42.7 Å². The minimum Gasteiger partial charge on any atom is -0.493 e. The molecule has 0 aliphatic carbocycles. The smallest absolute Gasteiger partial charge is 0.330 e. The van der Waals surface area contributed by atoms with E-state index in [1.165, 1.54) is 16.8 Å². The molecule has 0 aliphatic rings. The fourth-order valence-electron chi connectivity index (χ4n) is 3.67. The highest BCUT2D eigenvalue weighted by Crippen LogP contribution is 2.29. The topological polar surface area (TPSA) is 107 Å². The monoisotopic (exact) mass is 514 g/mol. The summed E-state index contributed by atoms with van der Waals surface area (Å²) in [5.41, 5.74) is 0.757. The van der Waals surface area contributed by atoms with Gasteiger partial charge in [0.25, 0.3) is 5.56 Å². The predicted molar refractivity (Wildman–Crippen MR) is 140 cm³/mol. The first-order valence-corrected chi connectivity index (χ1v) is 13.9. The van der Waals surface area contributed by atoms with E-state index in [1.807, 2.05) is 54.6 Å². The SMILES string of the molecule is CC[C@H](C)COc1cccc(C(CS(=O)(=O)CCCOCn2ccc(=O)[nH]c2=O)c2ccccc2)c1. The maximum Gasteiger partial charge on any atom is 0.330 e. The highest BCUT2D eigenvalue weighted by molar-refractivity contribution is 7.91. The van der Waals surface area contributed by atoms with E-state index in [-0.39, 0.29) is 30.8 Å². The molecule has 0 fully saturated rings. The summed E-state index contributed by atoms with van der Waals surface area (Å²) in [4.78, 5) is 25.0. The van der Waals surface area contributed by atoms with Crippen molar-refractivity contribution < 1.29 is 17.9 Å². The van der Waals surface area contributed by atoms with Crippen molar-refractivity contribution in [1.29, 1.82) is 0 Å². The van der Waals surface area contributed by atoms with E-state index in [1.54, 1.807) is 0 Å². The molecule has 0 bridgehead atoms. The second kappa shape index (κ2) is 13.2. The number of hydrogen-bond donors (Lipinski definition) is 1. The Morgan fingerprint density at radius 1 is 1.00 bits per heavy atom. The lowest BCUT2D eigenvalue weighted by Gasteiger charge is -2.20. The summed E-state index contributed by atoms with van der Waals surface area (Å²) in [6, 6.07) is 18.5. The van der Waals surface area contributed by atoms with E-state index in [0.717, 1.165) is 23.3 Å². The maximum atomic E-state index is 13.1. The first-order chi connectivity index (χ1) is 17.3. The summed E-state index contributed by atoms with van der Waals surface area (Å²) in [5.74, 6) is 0.761. The van der Waals surface area contributed by atoms with Crippen molar-refractivity contribution >= 4 is 9.84 Å². The van der Waals surface area contributed by atoms with Crippen LogP contribution in [-0.2, 0) is 21.3 Å². The lowest BCUT2D eigenvalue weighted by Crippen LogP contribution is -2.29. The molecule has 0 amide bonds. The van der Waals surface area contributed by atoms with Crippen LogP contribution in [0.15, 0.2) is 76.4 Å². The van der Waals surface area contributed by atoms with Gasteiger partial charge in [0.05, 0.1) is 18.1 Å². The first kappa shape index (κ1) is 27.4. The second-order valence-corrected chi connectivity index (χ2v) is 11.2. The van der Waals surface area contributed by atoms with Crippen molar-refractivity contribution in [2.24, 2.45) is 5.92 Å². The fourth-order valence-corrected chi connectivity index (χ4v) is 5.29. The van der Waals surface area contributed by atoms with Gasteiger partial charge in [0.1, 0.15) is 12.5 Å². The number of rotatable bonds is 14. The average Bonchev–Trinajstić information content (AvgIpc) is 2.87. The van der Waals surface area contributed by atoms with Crippen LogP contribution in [0.1, 0.15) is 43.7 Å². The van der Waals surface area contributed by atoms with E-state index in [0.29, 0.717) is 18.9 Å². The maximum absolute atomic E-state index is 13.1. The molecule has 3 rings (SSSR count). The van der Waals surface area contributed by atoms with Crippen LogP contribution in [0.25, 0.3) is 0 Å². The highest BCUT2D eigenvalue weighted by Gasteiger charge is 2.23. The molecule has 2 atom stereocenters. The van der Waals surface area contributed by atoms with Gasteiger partial charge in [-0.15, -0.1) is 0 Å². The Balaban J connectivity index is 1.64. The van der Waals surface area contributed by atoms with Gasteiger partial charge < -0.3 is 9.47 Å². The van der Waals surface area contributed by atoms with Gasteiger partial charge in [-0.05, 0) is 35.6 Å². The summed E-state index contributed by atoms with van der Waals surface area (Å²) in [7, 11) is -3.42. The van der Waals surface area contributed by atoms with Gasteiger partial charge in [-0.25, -0.2) is 13.2 Å². The van der Waals surface area contributed by atoms with Gasteiger partial charge in [0.15, 0.2) is 9.84 Å². The van der Waals surface area contributed by atoms with Crippen LogP contribution < -0.4 is 16.0 Å². The molecule has 0 aliphatic heterocycles. The van der Waals surface area contributed by atoms with Gasteiger partial charge in [-0.3, -0.25) is 14.3 Å². The lowest BCUT2D eigenvalue weighted by molar-refractivity contribution is 0.0745. The minimum atomic E-state index is -3.42. The summed E-state index contributed by atoms with van der Waals surface area (Å²) in [6.45, 7) is 4.96. The van der Waals surface area contributed by atoms with Crippen LogP contribution in [0.3, 0.4) is 0 Å². The third-order valence-corrected chi connectivity index (χ3v) is 7.74. The van der Waals surface area contributed by atoms with E-state index in [2.05, 4.69) is 18.8 Å². The van der Waals surface area contributed by atoms with Crippen molar-refractivity contribution in [2.45, 2.75) is 39.3 Å². The molecular weight excluding hydrogens is 480 g/mol. The zero-order chi connectivity index (χ0) is 26.0. The second-order valence-electron chi connectivity index (χ2n) is 8.95. The number of nitrogens with one attached hydrogen (secondary N) is 1. The van der Waals surface area contributed by atoms with Gasteiger partial charge in [0.2, 0.25) is 0 Å². The van der Waals surface area contributed by atoms with Crippen LogP contribution in [0.4, 0.5) is 0 Å². The standard InChI is InChI=1S/C27H34N2O6S/c1-3-21(2)18-35-24-12-7-11-23(17-24)25(22-9-5-4-6-10-22)19-36(32,33)16-8-15-34-20-29-14-13-26(30)28-27(29)31/h4-7,9-14,17,21,25H,3,8,15-16,18-20H2,1-2H3,(H,28,30,31)/t21-,25?/m0/s1. The van der Waals surface area contributed by atoms with Gasteiger partial charge in [-0.1, -0.05) is 62.7 Å². The molecule has 0 saturated heterocycles. The molecular formula is C27H34N2O6S. The molecule has 2 aromatic carbocycles. The minimum absolute atomic E-state index is 0.0365. The van der Waals surface area contributed by atoms with Gasteiger partial charge in [0, 0.05) is 24.8 Å². The third kappa shape index (κ3) is 8.49. The Bertz CT molecular complexity index is 1320. The number of aromatic amines is 1. The summed E-state index contributed by atoms with van der Waals surface area (Å²) in [6.07, 6.45) is 2.65. The number of nitrogens with zero attached hydrogens (tertiary/aromatic N) is 1. The molecule has 0 radical (unpaired) electrons. The quantitative estimate of drug-likeness (QED) is 0.330. The first-order valence-electron chi connectivity index (χ1n) is 12.1. The Morgan fingerprint density at radius 3 is 2.47 bits per heavy atom. The third-order valence-electron chi connectivity index (χ3n) is 5.99. The molecule has 3 aromatic rings. The van der Waals surface area contributed by atoms with Gasteiger partial charge >= 0.3 is 5.69 Å². The van der Waals surface area contributed by atoms with Crippen molar-refractivity contribution in [3.8, 4) is 5.75 Å². The van der Waals surface area contributed by atoms with E-state index in [9.17, 15) is 18.0 Å². The molecule has 194 valence electrons. The molecule has 36 heavy (non-hydrogen) atoms. The molecule has 8 nitrogen and oxygen atoms in total. The fraction of sp³-hybridized carbons (Fsp3) is 0.407. The predicted octanol–water partition coefficient (Wildman–Crippen LogP) is 3.57. The number of ether oxygens (including phenoxy) is 2. The number of H-pyrrole nitrogens is 1. The van der Waals surface area contributed by atoms with Crippen molar-refractivity contribution in [3.05, 3.63) is 98.8 Å². The number of sulfone groups is 1. The zero-order valence-corrected chi connectivity index (χ0v) is 21.6. The molecule has 1 unspecified atom stereocenters. The molecule has 1 heterocycles. The Hall–Kier alpha value is -3.17. The largest absolute Gasteiger partial charge is 0.493 e. The Kier molecular flexibility index (Phi) is 10.1. The van der Waals surface area contributed by atoms with Crippen molar-refractivity contribution in [2.75, 3.05) is 24.7 Å². The highest BCUT2D eigenvalue weighted by atomic mass is 32.2. The van der Waals surface area contributed by atoms with Crippen LogP contribution in [0.2, 0.25) is 0 Å². The summed E-state index contributed by atoms with van der Waals surface area (Å²) >= 11 is 0. The van der Waals surface area contributed by atoms with E-state index >= 15 is 0 Å². The number of hydrogen-bond acceptors (Lipinski definition) is 6. The molecule has 1 N–H and O–H groups in total. The zero-order valence-electron chi connectivity index (χ0n) is 20.8. The lowest BCUT2D eigenvalue weighted by atomic mass is 9.93. The molecule has 1 aromatic heterocycles. The average molecular weight is 515 g/mol. The van der Waals surface area contributed by atoms with Crippen molar-refractivity contribution in [3.63, 3.8) is 0 Å². The summed E-state index contributed by atoms with van der Waals surface area (Å²) in [5, 5.41) is 0.